The minimum atomic E-state index is -1.51. The number of carbonyl (C=O) groups is 2. The third kappa shape index (κ3) is 6.71. The van der Waals surface area contributed by atoms with Crippen molar-refractivity contribution < 1.29 is 19.4 Å². The van der Waals surface area contributed by atoms with Crippen LogP contribution in [0.5, 0.6) is 0 Å². The molecule has 0 spiro atoms. The van der Waals surface area contributed by atoms with Gasteiger partial charge in [0.2, 0.25) is 0 Å². The van der Waals surface area contributed by atoms with Crippen LogP contribution < -0.4 is 5.32 Å². The van der Waals surface area contributed by atoms with Gasteiger partial charge in [-0.05, 0) is 57.7 Å². The fraction of sp³-hybridized carbons (Fsp3) is 0.444. The number of rotatable bonds is 7. The molecule has 0 aliphatic heterocycles. The predicted molar refractivity (Wildman–Crippen MR) is 102 cm³/mol. The van der Waals surface area contributed by atoms with Crippen molar-refractivity contribution in [1.29, 1.82) is 0 Å². The highest BCUT2D eigenvalue weighted by molar-refractivity contribution is 9.10. The Morgan fingerprint density at radius 2 is 2.04 bits per heavy atom. The number of aryl methyl sites for hydroxylation is 1. The van der Waals surface area contributed by atoms with Gasteiger partial charge in [-0.25, -0.2) is 9.59 Å². The summed E-state index contributed by atoms with van der Waals surface area (Å²) in [5.74, 6) is -1.15. The summed E-state index contributed by atoms with van der Waals surface area (Å²) in [5.41, 5.74) is -1.44. The zero-order chi connectivity index (χ0) is 19.3. The van der Waals surface area contributed by atoms with E-state index in [4.69, 9.17) is 16.3 Å². The third-order valence-electron chi connectivity index (χ3n) is 3.48. The van der Waals surface area contributed by atoms with Gasteiger partial charge in [-0.2, -0.15) is 0 Å². The molecule has 1 rings (SSSR count). The molecule has 138 valence electrons. The molecule has 0 saturated carbocycles. The van der Waals surface area contributed by atoms with E-state index in [0.717, 1.165) is 10.0 Å². The number of halogens is 2. The molecule has 2 N–H and O–H groups in total. The highest BCUT2D eigenvalue weighted by atomic mass is 79.9. The molecule has 7 heteroatoms. The Kier molecular flexibility index (Phi) is 7.50. The third-order valence-corrected chi connectivity index (χ3v) is 4.32. The highest BCUT2D eigenvalue weighted by Crippen LogP contribution is 2.26. The number of nitrogens with one attached hydrogen (secondary N) is 1. The monoisotopic (exact) mass is 431 g/mol. The molecule has 1 atom stereocenters. The second-order valence-electron chi connectivity index (χ2n) is 6.74. The van der Waals surface area contributed by atoms with Gasteiger partial charge in [-0.15, -0.1) is 6.58 Å². The fourth-order valence-corrected chi connectivity index (χ4v) is 3.05. The molecule has 1 aromatic rings. The summed E-state index contributed by atoms with van der Waals surface area (Å²) < 4.78 is 6.04. The first-order chi connectivity index (χ1) is 11.5. The summed E-state index contributed by atoms with van der Waals surface area (Å²) in [6.07, 6.45) is 1.28. The number of carbonyl (C=O) groups excluding carboxylic acids is 1. The number of hydrogen-bond donors (Lipinski definition) is 2. The van der Waals surface area contributed by atoms with Crippen LogP contribution in [-0.2, 0) is 16.0 Å². The van der Waals surface area contributed by atoms with Crippen LogP contribution in [0.15, 0.2) is 35.3 Å². The van der Waals surface area contributed by atoms with E-state index in [0.29, 0.717) is 11.4 Å². The molecular weight excluding hydrogens is 410 g/mol. The quantitative estimate of drug-likeness (QED) is 0.597. The van der Waals surface area contributed by atoms with Gasteiger partial charge in [0.1, 0.15) is 11.1 Å². The average Bonchev–Trinajstić information content (AvgIpc) is 2.43. The molecule has 0 aromatic heterocycles. The van der Waals surface area contributed by atoms with Crippen molar-refractivity contribution in [1.82, 2.24) is 5.32 Å². The standard InChI is InChI=1S/C18H23BrClNO4/c1-5-9-18(15(22)23,21-16(24)25-17(2,3)4)10-8-12-6-7-13(19)11-14(12)20/h5-7,11H,1,8-10H2,2-4H3,(H,21,24)(H,22,23). The first-order valence-corrected chi connectivity index (χ1v) is 8.95. The number of carboxylic acid groups (broad SMARTS) is 1. The van der Waals surface area contributed by atoms with Gasteiger partial charge < -0.3 is 15.2 Å². The Hall–Kier alpha value is -1.53. The van der Waals surface area contributed by atoms with E-state index in [-0.39, 0.29) is 12.8 Å². The summed E-state index contributed by atoms with van der Waals surface area (Å²) in [6, 6.07) is 5.40. The van der Waals surface area contributed by atoms with Gasteiger partial charge in [0.15, 0.2) is 0 Å². The highest BCUT2D eigenvalue weighted by Gasteiger charge is 2.40. The summed E-state index contributed by atoms with van der Waals surface area (Å²) in [4.78, 5) is 24.0. The fourth-order valence-electron chi connectivity index (χ4n) is 2.28. The largest absolute Gasteiger partial charge is 0.479 e. The van der Waals surface area contributed by atoms with Crippen LogP contribution in [0.4, 0.5) is 4.79 Å². The lowest BCUT2D eigenvalue weighted by molar-refractivity contribution is -0.145. The summed E-state index contributed by atoms with van der Waals surface area (Å²) in [7, 11) is 0. The molecule has 0 heterocycles. The van der Waals surface area contributed by atoms with Crippen LogP contribution in [0, 0.1) is 0 Å². The van der Waals surface area contributed by atoms with E-state index in [9.17, 15) is 14.7 Å². The zero-order valence-corrected chi connectivity index (χ0v) is 16.9. The Morgan fingerprint density at radius 3 is 2.52 bits per heavy atom. The lowest BCUT2D eigenvalue weighted by Crippen LogP contribution is -2.55. The van der Waals surface area contributed by atoms with Crippen molar-refractivity contribution in [3.63, 3.8) is 0 Å². The maximum Gasteiger partial charge on any atom is 0.408 e. The van der Waals surface area contributed by atoms with Crippen molar-refractivity contribution in [2.75, 3.05) is 0 Å². The van der Waals surface area contributed by atoms with Gasteiger partial charge in [-0.1, -0.05) is 39.7 Å². The molecule has 5 nitrogen and oxygen atoms in total. The van der Waals surface area contributed by atoms with E-state index in [1.165, 1.54) is 6.08 Å². The lowest BCUT2D eigenvalue weighted by atomic mass is 9.88. The van der Waals surface area contributed by atoms with Crippen molar-refractivity contribution in [3.05, 3.63) is 45.9 Å². The molecule has 0 aliphatic rings. The number of amides is 1. The summed E-state index contributed by atoms with van der Waals surface area (Å²) >= 11 is 9.53. The topological polar surface area (TPSA) is 75.6 Å². The van der Waals surface area contributed by atoms with E-state index in [1.807, 2.05) is 12.1 Å². The van der Waals surface area contributed by atoms with Crippen LogP contribution in [-0.4, -0.2) is 28.3 Å². The average molecular weight is 433 g/mol. The van der Waals surface area contributed by atoms with E-state index >= 15 is 0 Å². The number of carboxylic acids is 1. The van der Waals surface area contributed by atoms with Crippen molar-refractivity contribution in [2.45, 2.75) is 51.2 Å². The van der Waals surface area contributed by atoms with Crippen LogP contribution in [0.3, 0.4) is 0 Å². The van der Waals surface area contributed by atoms with Crippen LogP contribution in [0.2, 0.25) is 5.02 Å². The summed E-state index contributed by atoms with van der Waals surface area (Å²) in [5, 5.41) is 12.8. The SMILES string of the molecule is C=CCC(CCc1ccc(Br)cc1Cl)(NC(=O)OC(C)(C)C)C(=O)O. The maximum atomic E-state index is 12.1. The molecular formula is C18H23BrClNO4. The first-order valence-electron chi connectivity index (χ1n) is 7.78. The van der Waals surface area contributed by atoms with E-state index in [2.05, 4.69) is 27.8 Å². The normalized spacial score (nSPS) is 13.6. The van der Waals surface area contributed by atoms with Gasteiger partial charge in [-0.3, -0.25) is 0 Å². The maximum absolute atomic E-state index is 12.1. The Labute approximate surface area is 161 Å². The number of hydrogen-bond acceptors (Lipinski definition) is 3. The van der Waals surface area contributed by atoms with Crippen LogP contribution >= 0.6 is 27.5 Å². The molecule has 1 unspecified atom stereocenters. The molecule has 0 fully saturated rings. The van der Waals surface area contributed by atoms with Crippen LogP contribution in [0.1, 0.15) is 39.2 Å². The Bertz CT molecular complexity index is 657. The first kappa shape index (κ1) is 21.5. The second kappa shape index (κ2) is 8.72. The molecule has 1 amide bonds. The van der Waals surface area contributed by atoms with Crippen molar-refractivity contribution >= 4 is 39.6 Å². The minimum Gasteiger partial charge on any atom is -0.479 e. The minimum absolute atomic E-state index is 0.0652. The Morgan fingerprint density at radius 1 is 1.40 bits per heavy atom. The number of ether oxygens (including phenoxy) is 1. The number of aliphatic carboxylic acids is 1. The van der Waals surface area contributed by atoms with Gasteiger partial charge in [0, 0.05) is 9.50 Å². The van der Waals surface area contributed by atoms with Crippen molar-refractivity contribution in [2.24, 2.45) is 0 Å². The molecule has 0 saturated heterocycles. The zero-order valence-electron chi connectivity index (χ0n) is 14.6. The summed E-state index contributed by atoms with van der Waals surface area (Å²) in [6.45, 7) is 8.74. The van der Waals surface area contributed by atoms with Gasteiger partial charge >= 0.3 is 12.1 Å². The molecule has 1 aromatic carbocycles. The molecule has 0 radical (unpaired) electrons. The lowest BCUT2D eigenvalue weighted by Gasteiger charge is -2.31. The number of benzene rings is 1. The van der Waals surface area contributed by atoms with E-state index < -0.39 is 23.2 Å². The number of alkyl carbamates (subject to hydrolysis) is 1. The smallest absolute Gasteiger partial charge is 0.408 e. The molecule has 0 bridgehead atoms. The van der Waals surface area contributed by atoms with E-state index in [1.54, 1.807) is 26.8 Å². The van der Waals surface area contributed by atoms with Gasteiger partial charge in [0.05, 0.1) is 0 Å². The van der Waals surface area contributed by atoms with Gasteiger partial charge in [0.25, 0.3) is 0 Å². The molecule has 0 aliphatic carbocycles. The second-order valence-corrected chi connectivity index (χ2v) is 8.07. The predicted octanol–water partition coefficient (Wildman–Crippen LogP) is 4.96. The Balaban J connectivity index is 3.00. The molecule has 25 heavy (non-hydrogen) atoms. The van der Waals surface area contributed by atoms with Crippen molar-refractivity contribution in [3.8, 4) is 0 Å². The van der Waals surface area contributed by atoms with Crippen LogP contribution in [0.25, 0.3) is 0 Å².